The van der Waals surface area contributed by atoms with Gasteiger partial charge in [-0.2, -0.15) is 4.99 Å². The Morgan fingerprint density at radius 3 is 2.86 bits per heavy atom. The number of hydrogen-bond acceptors (Lipinski definition) is 4. The maximum absolute atomic E-state index is 10.1. The zero-order chi connectivity index (χ0) is 10.4. The molecule has 4 nitrogen and oxygen atoms in total. The Kier molecular flexibility index (Phi) is 3.70. The van der Waals surface area contributed by atoms with Gasteiger partial charge in [-0.3, -0.25) is 0 Å². The molecule has 0 saturated carbocycles. The monoisotopic (exact) mass is 193 g/mol. The lowest BCUT2D eigenvalue weighted by molar-refractivity contribution is 0.311. The van der Waals surface area contributed by atoms with Crippen LogP contribution < -0.4 is 9.47 Å². The summed E-state index contributed by atoms with van der Waals surface area (Å²) in [7, 11) is 1.50. The summed E-state index contributed by atoms with van der Waals surface area (Å²) in [5.74, 6) is 1.03. The van der Waals surface area contributed by atoms with Gasteiger partial charge < -0.3 is 9.47 Å². The number of hydrogen-bond donors (Lipinski definition) is 0. The third-order valence-electron chi connectivity index (χ3n) is 1.63. The van der Waals surface area contributed by atoms with Crippen LogP contribution in [0.1, 0.15) is 6.92 Å². The first-order valence-electron chi connectivity index (χ1n) is 4.21. The molecule has 0 aliphatic heterocycles. The Labute approximate surface area is 82.2 Å². The van der Waals surface area contributed by atoms with Crippen LogP contribution in [0.5, 0.6) is 11.5 Å². The van der Waals surface area contributed by atoms with Gasteiger partial charge in [0.15, 0.2) is 11.5 Å². The van der Waals surface area contributed by atoms with Crippen molar-refractivity contribution in [3.05, 3.63) is 18.2 Å². The molecule has 1 rings (SSSR count). The molecule has 4 heteroatoms. The Morgan fingerprint density at radius 2 is 2.29 bits per heavy atom. The highest BCUT2D eigenvalue weighted by Gasteiger charge is 2.08. The van der Waals surface area contributed by atoms with Crippen LogP contribution >= 0.6 is 0 Å². The third kappa shape index (κ3) is 2.12. The first-order valence-corrected chi connectivity index (χ1v) is 4.21. The lowest BCUT2D eigenvalue weighted by atomic mass is 10.3. The van der Waals surface area contributed by atoms with Crippen molar-refractivity contribution in [2.24, 2.45) is 4.99 Å². The molecule has 74 valence electrons. The van der Waals surface area contributed by atoms with E-state index in [1.54, 1.807) is 18.2 Å². The normalized spacial score (nSPS) is 9.00. The molecule has 0 aliphatic carbocycles. The van der Waals surface area contributed by atoms with E-state index < -0.39 is 0 Å². The first kappa shape index (κ1) is 10.3. The van der Waals surface area contributed by atoms with E-state index in [0.29, 0.717) is 23.8 Å². The van der Waals surface area contributed by atoms with Crippen LogP contribution in [0.4, 0.5) is 5.69 Å². The summed E-state index contributed by atoms with van der Waals surface area (Å²) in [6.07, 6.45) is 1.47. The minimum absolute atomic E-state index is 0.424. The van der Waals surface area contributed by atoms with E-state index in [0.717, 1.165) is 0 Å². The minimum Gasteiger partial charge on any atom is -0.491 e. The van der Waals surface area contributed by atoms with Crippen molar-refractivity contribution in [3.63, 3.8) is 0 Å². The molecule has 14 heavy (non-hydrogen) atoms. The molecule has 0 bridgehead atoms. The van der Waals surface area contributed by atoms with Gasteiger partial charge in [-0.05, 0) is 19.1 Å². The fraction of sp³-hybridized carbons (Fsp3) is 0.300. The molecule has 0 heterocycles. The predicted molar refractivity (Wildman–Crippen MR) is 51.9 cm³/mol. The van der Waals surface area contributed by atoms with E-state index in [1.165, 1.54) is 13.2 Å². The zero-order valence-corrected chi connectivity index (χ0v) is 8.11. The Morgan fingerprint density at radius 1 is 1.50 bits per heavy atom. The van der Waals surface area contributed by atoms with Gasteiger partial charge in [-0.15, -0.1) is 0 Å². The Hall–Kier alpha value is -1.80. The average molecular weight is 193 g/mol. The molecule has 0 N–H and O–H groups in total. The highest BCUT2D eigenvalue weighted by molar-refractivity contribution is 5.63. The number of methoxy groups -OCH3 is 1. The molecule has 1 aromatic rings. The van der Waals surface area contributed by atoms with Gasteiger partial charge in [0.2, 0.25) is 6.08 Å². The number of aliphatic imine (C=N–C) groups is 1. The second-order valence-electron chi connectivity index (χ2n) is 2.44. The van der Waals surface area contributed by atoms with Crippen molar-refractivity contribution in [2.75, 3.05) is 13.7 Å². The lowest BCUT2D eigenvalue weighted by Gasteiger charge is -2.09. The topological polar surface area (TPSA) is 47.9 Å². The molecule has 0 radical (unpaired) electrons. The molecule has 0 aromatic heterocycles. The molecule has 0 saturated heterocycles. The molecule has 0 unspecified atom stereocenters. The average Bonchev–Trinajstić information content (AvgIpc) is 2.19. The van der Waals surface area contributed by atoms with Crippen molar-refractivity contribution in [1.29, 1.82) is 0 Å². The number of carbonyl (C=O) groups excluding carboxylic acids is 1. The zero-order valence-electron chi connectivity index (χ0n) is 8.11. The van der Waals surface area contributed by atoms with Gasteiger partial charge in [0.25, 0.3) is 0 Å². The fourth-order valence-electron chi connectivity index (χ4n) is 1.12. The maximum atomic E-state index is 10.1. The summed E-state index contributed by atoms with van der Waals surface area (Å²) >= 11 is 0. The van der Waals surface area contributed by atoms with Crippen molar-refractivity contribution in [1.82, 2.24) is 0 Å². The van der Waals surface area contributed by atoms with Crippen molar-refractivity contribution < 1.29 is 14.3 Å². The van der Waals surface area contributed by atoms with E-state index in [1.807, 2.05) is 6.92 Å². The molecule has 1 aromatic carbocycles. The van der Waals surface area contributed by atoms with Crippen LogP contribution in [0, 0.1) is 0 Å². The van der Waals surface area contributed by atoms with E-state index >= 15 is 0 Å². The standard InChI is InChI=1S/C10H11NO3/c1-3-14-9-6-4-5-8(11-7-12)10(9)13-2/h4-6H,3H2,1-2H3. The number of ether oxygens (including phenoxy) is 2. The van der Waals surface area contributed by atoms with E-state index in [2.05, 4.69) is 4.99 Å². The minimum atomic E-state index is 0.424. The van der Waals surface area contributed by atoms with Gasteiger partial charge in [-0.1, -0.05) is 6.07 Å². The molecular formula is C10H11NO3. The number of rotatable bonds is 4. The van der Waals surface area contributed by atoms with E-state index in [-0.39, 0.29) is 0 Å². The molecule has 0 atom stereocenters. The Balaban J connectivity index is 3.17. The molecular weight excluding hydrogens is 182 g/mol. The maximum Gasteiger partial charge on any atom is 0.240 e. The van der Waals surface area contributed by atoms with E-state index in [9.17, 15) is 4.79 Å². The summed E-state index contributed by atoms with van der Waals surface area (Å²) in [4.78, 5) is 13.6. The van der Waals surface area contributed by atoms with Gasteiger partial charge in [0.1, 0.15) is 5.69 Å². The van der Waals surface area contributed by atoms with Gasteiger partial charge in [-0.25, -0.2) is 4.79 Å². The molecule has 0 aliphatic rings. The number of isocyanates is 1. The van der Waals surface area contributed by atoms with Crippen LogP contribution in [0.2, 0.25) is 0 Å². The number of benzene rings is 1. The highest BCUT2D eigenvalue weighted by atomic mass is 16.5. The van der Waals surface area contributed by atoms with Crippen LogP contribution in [0.3, 0.4) is 0 Å². The van der Waals surface area contributed by atoms with Gasteiger partial charge in [0.05, 0.1) is 13.7 Å². The molecule has 0 spiro atoms. The predicted octanol–water partition coefficient (Wildman–Crippen LogP) is 2.06. The summed E-state index contributed by atoms with van der Waals surface area (Å²) < 4.78 is 10.4. The highest BCUT2D eigenvalue weighted by Crippen LogP contribution is 2.36. The number of para-hydroxylation sites is 1. The van der Waals surface area contributed by atoms with Crippen LogP contribution in [-0.4, -0.2) is 19.8 Å². The summed E-state index contributed by atoms with van der Waals surface area (Å²) in [6, 6.07) is 5.15. The lowest BCUT2D eigenvalue weighted by Crippen LogP contribution is -1.95. The van der Waals surface area contributed by atoms with Crippen molar-refractivity contribution >= 4 is 11.8 Å². The first-order chi connectivity index (χ1) is 6.83. The van der Waals surface area contributed by atoms with Crippen LogP contribution in [0.25, 0.3) is 0 Å². The second-order valence-corrected chi connectivity index (χ2v) is 2.44. The fourth-order valence-corrected chi connectivity index (χ4v) is 1.12. The Bertz CT molecular complexity index is 356. The molecule has 0 amide bonds. The van der Waals surface area contributed by atoms with Crippen molar-refractivity contribution in [3.8, 4) is 11.5 Å². The molecule has 0 fully saturated rings. The van der Waals surface area contributed by atoms with E-state index in [4.69, 9.17) is 9.47 Å². The summed E-state index contributed by atoms with van der Waals surface area (Å²) in [5.41, 5.74) is 0.424. The summed E-state index contributed by atoms with van der Waals surface area (Å²) in [6.45, 7) is 2.40. The van der Waals surface area contributed by atoms with Gasteiger partial charge in [0, 0.05) is 0 Å². The smallest absolute Gasteiger partial charge is 0.240 e. The summed E-state index contributed by atoms with van der Waals surface area (Å²) in [5, 5.41) is 0. The van der Waals surface area contributed by atoms with Gasteiger partial charge >= 0.3 is 0 Å². The van der Waals surface area contributed by atoms with Crippen LogP contribution in [-0.2, 0) is 4.79 Å². The quantitative estimate of drug-likeness (QED) is 0.543. The van der Waals surface area contributed by atoms with Crippen molar-refractivity contribution in [2.45, 2.75) is 6.92 Å². The number of nitrogens with zero attached hydrogens (tertiary/aromatic N) is 1. The second kappa shape index (κ2) is 5.04. The largest absolute Gasteiger partial charge is 0.491 e. The SMILES string of the molecule is CCOc1cccc(N=C=O)c1OC. The van der Waals surface area contributed by atoms with Crippen LogP contribution in [0.15, 0.2) is 23.2 Å². The third-order valence-corrected chi connectivity index (χ3v) is 1.63.